The quantitative estimate of drug-likeness (QED) is 0.197. The standard InChI is InChI=1S/C35H33N7O/c43-34-31-24(5-6-37-34)13-29(40-33(31)39-28-4-3-25-20-38-41-30(25)14-28)26-12-27(19-36-18-26)32(42-7-1-2-8-42)35-15-21-9-22(16-35)11-23(10-21)17-35/h1-8,12-14,18-23,32H,9-11,15-17H2,(H,37,43)(H,38,41)(H,39,40). The Morgan fingerprint density at radius 3 is 2.49 bits per heavy atom. The molecule has 3 N–H and O–H groups in total. The Morgan fingerprint density at radius 1 is 0.907 bits per heavy atom. The number of hydrogen-bond acceptors (Lipinski definition) is 5. The average Bonchev–Trinajstić information content (AvgIpc) is 3.69. The number of aromatic amines is 2. The van der Waals surface area contributed by atoms with Gasteiger partial charge in [-0.1, -0.05) is 0 Å². The Kier molecular flexibility index (Phi) is 5.43. The fourth-order valence-corrected chi connectivity index (χ4v) is 9.23. The van der Waals surface area contributed by atoms with Crippen LogP contribution in [0.2, 0.25) is 0 Å². The SMILES string of the molecule is O=c1[nH]ccc2cc(-c3cncc(C(n4cccc4)C45CC6CC(CC(C6)C4)C5)c3)nc(Nc3ccc4cn[nH]c4c3)c12. The Labute approximate surface area is 248 Å². The molecule has 214 valence electrons. The highest BCUT2D eigenvalue weighted by atomic mass is 16.1. The fourth-order valence-electron chi connectivity index (χ4n) is 9.23. The third-order valence-corrected chi connectivity index (χ3v) is 10.4. The van der Waals surface area contributed by atoms with E-state index in [-0.39, 0.29) is 17.0 Å². The minimum atomic E-state index is -0.178. The zero-order chi connectivity index (χ0) is 28.5. The van der Waals surface area contributed by atoms with E-state index in [1.54, 1.807) is 12.4 Å². The average molecular weight is 568 g/mol. The zero-order valence-corrected chi connectivity index (χ0v) is 23.8. The Bertz CT molecular complexity index is 2000. The Balaban J connectivity index is 1.16. The van der Waals surface area contributed by atoms with Crippen LogP contribution in [0, 0.1) is 23.2 Å². The lowest BCUT2D eigenvalue weighted by molar-refractivity contribution is -0.0740. The number of fused-ring (bicyclic) bond motifs is 2. The fraction of sp³-hybridized carbons (Fsp3) is 0.314. The summed E-state index contributed by atoms with van der Waals surface area (Å²) >= 11 is 0. The van der Waals surface area contributed by atoms with Crippen molar-refractivity contribution in [3.8, 4) is 11.3 Å². The molecule has 4 aliphatic carbocycles. The van der Waals surface area contributed by atoms with Gasteiger partial charge in [0.2, 0.25) is 0 Å². The van der Waals surface area contributed by atoms with Gasteiger partial charge < -0.3 is 14.9 Å². The van der Waals surface area contributed by atoms with E-state index in [0.717, 1.165) is 51.0 Å². The number of aromatic nitrogens is 6. The summed E-state index contributed by atoms with van der Waals surface area (Å²) < 4.78 is 2.43. The van der Waals surface area contributed by atoms with E-state index in [1.165, 1.54) is 44.1 Å². The zero-order valence-electron chi connectivity index (χ0n) is 23.8. The number of hydrogen-bond donors (Lipinski definition) is 3. The summed E-state index contributed by atoms with van der Waals surface area (Å²) in [5.41, 5.74) is 4.80. The summed E-state index contributed by atoms with van der Waals surface area (Å²) in [4.78, 5) is 25.7. The minimum absolute atomic E-state index is 0.178. The van der Waals surface area contributed by atoms with E-state index in [1.807, 2.05) is 36.5 Å². The van der Waals surface area contributed by atoms with Crippen molar-refractivity contribution in [1.29, 1.82) is 0 Å². The lowest BCUT2D eigenvalue weighted by Crippen LogP contribution is -2.50. The van der Waals surface area contributed by atoms with Gasteiger partial charge in [0.1, 0.15) is 5.82 Å². The van der Waals surface area contributed by atoms with Crippen LogP contribution in [0.4, 0.5) is 11.5 Å². The summed E-state index contributed by atoms with van der Waals surface area (Å²) in [5.74, 6) is 3.09. The topological polar surface area (TPSA) is 104 Å². The first-order chi connectivity index (χ1) is 21.1. The molecule has 0 saturated heterocycles. The predicted octanol–water partition coefficient (Wildman–Crippen LogP) is 7.21. The van der Waals surface area contributed by atoms with Gasteiger partial charge in [-0.15, -0.1) is 0 Å². The van der Waals surface area contributed by atoms with Gasteiger partial charge in [0.15, 0.2) is 0 Å². The molecule has 1 atom stereocenters. The third-order valence-electron chi connectivity index (χ3n) is 10.4. The van der Waals surface area contributed by atoms with Crippen LogP contribution in [0.25, 0.3) is 32.9 Å². The summed E-state index contributed by atoms with van der Waals surface area (Å²) in [6.07, 6.45) is 20.1. The van der Waals surface area contributed by atoms with Crippen molar-refractivity contribution in [3.05, 3.63) is 102 Å². The molecule has 0 aliphatic heterocycles. The minimum Gasteiger partial charge on any atom is -0.346 e. The second-order valence-electron chi connectivity index (χ2n) is 13.2. The Morgan fingerprint density at radius 2 is 1.70 bits per heavy atom. The predicted molar refractivity (Wildman–Crippen MR) is 168 cm³/mol. The molecule has 1 aromatic carbocycles. The molecule has 8 heteroatoms. The number of H-pyrrole nitrogens is 2. The van der Waals surface area contributed by atoms with Crippen LogP contribution in [0.3, 0.4) is 0 Å². The van der Waals surface area contributed by atoms with Crippen molar-refractivity contribution in [2.24, 2.45) is 23.2 Å². The molecule has 0 spiro atoms. The van der Waals surface area contributed by atoms with Crippen molar-refractivity contribution < 1.29 is 0 Å². The van der Waals surface area contributed by atoms with Gasteiger partial charge in [-0.05, 0) is 121 Å². The summed E-state index contributed by atoms with van der Waals surface area (Å²) in [6, 6.07) is 16.7. The molecule has 4 fully saturated rings. The van der Waals surface area contributed by atoms with E-state index in [9.17, 15) is 4.79 Å². The van der Waals surface area contributed by atoms with E-state index in [4.69, 9.17) is 9.97 Å². The molecule has 4 aliphatic rings. The van der Waals surface area contributed by atoms with E-state index < -0.39 is 0 Å². The van der Waals surface area contributed by atoms with E-state index >= 15 is 0 Å². The van der Waals surface area contributed by atoms with Crippen molar-refractivity contribution in [3.63, 3.8) is 0 Å². The van der Waals surface area contributed by atoms with Gasteiger partial charge in [0.25, 0.3) is 5.56 Å². The third kappa shape index (κ3) is 4.11. The highest BCUT2D eigenvalue weighted by Gasteiger charge is 2.55. The van der Waals surface area contributed by atoms with Crippen molar-refractivity contribution in [2.75, 3.05) is 5.32 Å². The van der Waals surface area contributed by atoms with E-state index in [2.05, 4.69) is 61.9 Å². The maximum absolute atomic E-state index is 13.0. The number of benzene rings is 1. The maximum Gasteiger partial charge on any atom is 0.259 e. The molecule has 5 aromatic heterocycles. The molecule has 4 saturated carbocycles. The van der Waals surface area contributed by atoms with Gasteiger partial charge in [-0.3, -0.25) is 14.9 Å². The number of nitrogens with one attached hydrogen (secondary N) is 3. The molecule has 0 radical (unpaired) electrons. The maximum atomic E-state index is 13.0. The molecule has 0 amide bonds. The van der Waals surface area contributed by atoms with Crippen LogP contribution in [-0.4, -0.2) is 29.7 Å². The summed E-state index contributed by atoms with van der Waals surface area (Å²) in [7, 11) is 0. The van der Waals surface area contributed by atoms with Crippen molar-refractivity contribution in [2.45, 2.75) is 44.6 Å². The lowest BCUT2D eigenvalue weighted by atomic mass is 9.47. The first kappa shape index (κ1) is 24.8. The van der Waals surface area contributed by atoms with Gasteiger partial charge in [0, 0.05) is 47.6 Å². The molecule has 4 bridgehead atoms. The second-order valence-corrected chi connectivity index (χ2v) is 13.2. The molecule has 8 nitrogen and oxygen atoms in total. The number of anilines is 2. The van der Waals surface area contributed by atoms with Crippen molar-refractivity contribution >= 4 is 33.2 Å². The summed E-state index contributed by atoms with van der Waals surface area (Å²) in [5, 5.41) is 13.0. The first-order valence-corrected chi connectivity index (χ1v) is 15.4. The highest BCUT2D eigenvalue weighted by Crippen LogP contribution is 2.64. The lowest BCUT2D eigenvalue weighted by Gasteiger charge is -2.59. The van der Waals surface area contributed by atoms with Crippen LogP contribution in [0.1, 0.15) is 50.1 Å². The van der Waals surface area contributed by atoms with Gasteiger partial charge in [0.05, 0.1) is 28.8 Å². The molecule has 6 aromatic rings. The summed E-state index contributed by atoms with van der Waals surface area (Å²) in [6.45, 7) is 0. The van der Waals surface area contributed by atoms with Crippen LogP contribution >= 0.6 is 0 Å². The molecule has 10 rings (SSSR count). The smallest absolute Gasteiger partial charge is 0.259 e. The Hall–Kier alpha value is -4.72. The molecule has 43 heavy (non-hydrogen) atoms. The largest absolute Gasteiger partial charge is 0.346 e. The highest BCUT2D eigenvalue weighted by molar-refractivity contribution is 5.95. The van der Waals surface area contributed by atoms with Crippen LogP contribution in [0.5, 0.6) is 0 Å². The van der Waals surface area contributed by atoms with Crippen LogP contribution < -0.4 is 10.9 Å². The molecule has 5 heterocycles. The molecule has 1 unspecified atom stereocenters. The molecular weight excluding hydrogens is 534 g/mol. The van der Waals surface area contributed by atoms with Crippen LogP contribution in [-0.2, 0) is 0 Å². The van der Waals surface area contributed by atoms with Gasteiger partial charge in [-0.2, -0.15) is 5.10 Å². The molecular formula is C35H33N7O. The second kappa shape index (κ2) is 9.39. The van der Waals surface area contributed by atoms with Crippen LogP contribution in [0.15, 0.2) is 90.5 Å². The number of nitrogens with zero attached hydrogens (tertiary/aromatic N) is 4. The number of pyridine rings is 3. The van der Waals surface area contributed by atoms with Gasteiger partial charge >= 0.3 is 0 Å². The monoisotopic (exact) mass is 567 g/mol. The normalized spacial score (nSPS) is 25.0. The van der Waals surface area contributed by atoms with Crippen molar-refractivity contribution in [1.82, 2.24) is 29.7 Å². The first-order valence-electron chi connectivity index (χ1n) is 15.4. The van der Waals surface area contributed by atoms with Gasteiger partial charge in [-0.25, -0.2) is 4.98 Å². The van der Waals surface area contributed by atoms with E-state index in [0.29, 0.717) is 11.2 Å². The number of rotatable bonds is 6.